The molecule has 0 N–H and O–H groups in total. The molecule has 1 aromatic heterocycles. The lowest BCUT2D eigenvalue weighted by Crippen LogP contribution is -2.04. The third-order valence-electron chi connectivity index (χ3n) is 5.01. The Morgan fingerprint density at radius 3 is 2.24 bits per heavy atom. The van der Waals surface area contributed by atoms with Gasteiger partial charge in [-0.25, -0.2) is 4.79 Å². The second-order valence-electron chi connectivity index (χ2n) is 7.58. The highest BCUT2D eigenvalue weighted by Gasteiger charge is 2.11. The molecule has 176 valence electrons. The molecule has 34 heavy (non-hydrogen) atoms. The molecule has 0 fully saturated rings. The molecular formula is C26H21Cl3O5. The second kappa shape index (κ2) is 11.0. The van der Waals surface area contributed by atoms with Crippen molar-refractivity contribution in [1.29, 1.82) is 0 Å². The van der Waals surface area contributed by atoms with Crippen LogP contribution in [0.4, 0.5) is 0 Å². The van der Waals surface area contributed by atoms with Crippen molar-refractivity contribution in [3.05, 3.63) is 91.7 Å². The zero-order valence-corrected chi connectivity index (χ0v) is 20.5. The molecule has 0 saturated heterocycles. The molecule has 0 radical (unpaired) electrons. The molecular weight excluding hydrogens is 499 g/mol. The van der Waals surface area contributed by atoms with Gasteiger partial charge in [0.05, 0.1) is 18.2 Å². The Bertz CT molecular complexity index is 1370. The molecule has 0 aliphatic heterocycles. The van der Waals surface area contributed by atoms with Crippen molar-refractivity contribution in [2.45, 2.75) is 19.8 Å². The van der Waals surface area contributed by atoms with Gasteiger partial charge in [0.15, 0.2) is 11.5 Å². The second-order valence-corrected chi connectivity index (χ2v) is 8.86. The maximum atomic E-state index is 11.6. The topological polar surface area (TPSA) is 57.9 Å². The minimum atomic E-state index is -0.373. The lowest BCUT2D eigenvalue weighted by molar-refractivity contribution is 0.261. The SMILES string of the molecule is Cc1cc(=O)oc2cc(OCCCCOc3cc(Cl)ccc3Oc3ccc(Cl)cc3Cl)ccc12. The zero-order chi connectivity index (χ0) is 24.1. The van der Waals surface area contributed by atoms with E-state index in [1.54, 1.807) is 42.5 Å². The van der Waals surface area contributed by atoms with Gasteiger partial charge in [-0.1, -0.05) is 34.8 Å². The number of hydrogen-bond donors (Lipinski definition) is 0. The van der Waals surface area contributed by atoms with Crippen LogP contribution in [0.5, 0.6) is 23.0 Å². The first-order valence-corrected chi connectivity index (χ1v) is 11.7. The van der Waals surface area contributed by atoms with Crippen LogP contribution in [-0.2, 0) is 0 Å². The number of ether oxygens (including phenoxy) is 3. The summed E-state index contributed by atoms with van der Waals surface area (Å²) in [4.78, 5) is 11.6. The Balaban J connectivity index is 1.30. The van der Waals surface area contributed by atoms with E-state index in [0.717, 1.165) is 23.8 Å². The van der Waals surface area contributed by atoms with Crippen LogP contribution in [0, 0.1) is 6.92 Å². The van der Waals surface area contributed by atoms with Crippen molar-refractivity contribution < 1.29 is 18.6 Å². The van der Waals surface area contributed by atoms with Crippen LogP contribution < -0.4 is 19.8 Å². The van der Waals surface area contributed by atoms with Gasteiger partial charge >= 0.3 is 5.63 Å². The molecule has 0 unspecified atom stereocenters. The Morgan fingerprint density at radius 2 is 1.47 bits per heavy atom. The van der Waals surface area contributed by atoms with Gasteiger partial charge in [0.25, 0.3) is 0 Å². The molecule has 0 atom stereocenters. The van der Waals surface area contributed by atoms with Crippen molar-refractivity contribution in [3.63, 3.8) is 0 Å². The fraction of sp³-hybridized carbons (Fsp3) is 0.192. The normalized spacial score (nSPS) is 10.9. The summed E-state index contributed by atoms with van der Waals surface area (Å²) in [5, 5.41) is 2.34. The van der Waals surface area contributed by atoms with Gasteiger partial charge in [-0.15, -0.1) is 0 Å². The molecule has 3 aromatic carbocycles. The number of fused-ring (bicyclic) bond motifs is 1. The Hall–Kier alpha value is -2.86. The number of benzene rings is 3. The number of aryl methyl sites for hydroxylation is 1. The van der Waals surface area contributed by atoms with Gasteiger partial charge in [0, 0.05) is 33.6 Å². The van der Waals surface area contributed by atoms with E-state index in [-0.39, 0.29) is 5.63 Å². The first-order chi connectivity index (χ1) is 16.4. The van der Waals surface area contributed by atoms with E-state index >= 15 is 0 Å². The Morgan fingerprint density at radius 1 is 0.765 bits per heavy atom. The molecule has 4 rings (SSSR count). The standard InChI is InChI=1S/C26H21Cl3O5/c1-16-12-26(30)34-24-15-19(6-7-20(16)24)31-10-2-3-11-32-25-14-18(28)5-9-23(25)33-22-8-4-17(27)13-21(22)29/h4-9,12-15H,2-3,10-11H2,1H3. The molecule has 0 spiro atoms. The molecule has 0 aliphatic rings. The minimum absolute atomic E-state index is 0.373. The number of rotatable bonds is 9. The largest absolute Gasteiger partial charge is 0.493 e. The van der Waals surface area contributed by atoms with E-state index in [0.29, 0.717) is 56.9 Å². The highest BCUT2D eigenvalue weighted by Crippen LogP contribution is 2.37. The fourth-order valence-corrected chi connectivity index (χ4v) is 3.94. The average molecular weight is 520 g/mol. The van der Waals surface area contributed by atoms with Gasteiger partial charge in [-0.2, -0.15) is 0 Å². The van der Waals surface area contributed by atoms with Crippen molar-refractivity contribution in [2.75, 3.05) is 13.2 Å². The van der Waals surface area contributed by atoms with Crippen LogP contribution in [-0.4, -0.2) is 13.2 Å². The van der Waals surface area contributed by atoms with Gasteiger partial charge in [-0.05, 0) is 67.8 Å². The molecule has 5 nitrogen and oxygen atoms in total. The average Bonchev–Trinajstić information content (AvgIpc) is 2.79. The van der Waals surface area contributed by atoms with E-state index in [1.165, 1.54) is 6.07 Å². The quantitative estimate of drug-likeness (QED) is 0.165. The van der Waals surface area contributed by atoms with E-state index < -0.39 is 0 Å². The van der Waals surface area contributed by atoms with E-state index in [1.807, 2.05) is 19.1 Å². The van der Waals surface area contributed by atoms with Gasteiger partial charge in [-0.3, -0.25) is 0 Å². The number of unbranched alkanes of at least 4 members (excludes halogenated alkanes) is 1. The summed E-state index contributed by atoms with van der Waals surface area (Å²) in [6.07, 6.45) is 1.50. The molecule has 0 amide bonds. The maximum absolute atomic E-state index is 11.6. The first-order valence-electron chi connectivity index (χ1n) is 10.6. The van der Waals surface area contributed by atoms with Gasteiger partial charge in [0.2, 0.25) is 0 Å². The minimum Gasteiger partial charge on any atom is -0.493 e. The first kappa shape index (κ1) is 24.3. The summed E-state index contributed by atoms with van der Waals surface area (Å²) in [5.41, 5.74) is 1.01. The van der Waals surface area contributed by atoms with Crippen LogP contribution >= 0.6 is 34.8 Å². The van der Waals surface area contributed by atoms with E-state index in [4.69, 9.17) is 53.4 Å². The molecule has 0 saturated carbocycles. The summed E-state index contributed by atoms with van der Waals surface area (Å²) < 4.78 is 22.9. The van der Waals surface area contributed by atoms with Crippen molar-refractivity contribution in [2.24, 2.45) is 0 Å². The smallest absolute Gasteiger partial charge is 0.336 e. The van der Waals surface area contributed by atoms with Crippen LogP contribution in [0.2, 0.25) is 15.1 Å². The monoisotopic (exact) mass is 518 g/mol. The maximum Gasteiger partial charge on any atom is 0.336 e. The van der Waals surface area contributed by atoms with Crippen LogP contribution in [0.15, 0.2) is 69.9 Å². The Labute approximate surface area is 211 Å². The summed E-state index contributed by atoms with van der Waals surface area (Å²) in [6, 6.07) is 17.1. The van der Waals surface area contributed by atoms with Gasteiger partial charge < -0.3 is 18.6 Å². The Kier molecular flexibility index (Phi) is 7.88. The molecule has 0 bridgehead atoms. The third-order valence-corrected chi connectivity index (χ3v) is 5.77. The molecule has 0 aliphatic carbocycles. The van der Waals surface area contributed by atoms with Crippen molar-refractivity contribution in [1.82, 2.24) is 0 Å². The van der Waals surface area contributed by atoms with E-state index in [9.17, 15) is 4.79 Å². The fourth-order valence-electron chi connectivity index (χ4n) is 3.33. The van der Waals surface area contributed by atoms with E-state index in [2.05, 4.69) is 0 Å². The molecule has 4 aromatic rings. The summed E-state index contributed by atoms with van der Waals surface area (Å²) in [7, 11) is 0. The van der Waals surface area contributed by atoms with Crippen LogP contribution in [0.25, 0.3) is 11.0 Å². The van der Waals surface area contributed by atoms with Crippen molar-refractivity contribution >= 4 is 45.8 Å². The molecule has 8 heteroatoms. The highest BCUT2D eigenvalue weighted by atomic mass is 35.5. The van der Waals surface area contributed by atoms with Crippen LogP contribution in [0.1, 0.15) is 18.4 Å². The predicted octanol–water partition coefficient (Wildman–Crippen LogP) is 8.09. The highest BCUT2D eigenvalue weighted by molar-refractivity contribution is 6.35. The van der Waals surface area contributed by atoms with Crippen molar-refractivity contribution in [3.8, 4) is 23.0 Å². The number of halogens is 3. The summed E-state index contributed by atoms with van der Waals surface area (Å²) in [6.45, 7) is 2.81. The van der Waals surface area contributed by atoms with Crippen LogP contribution in [0.3, 0.4) is 0 Å². The summed E-state index contributed by atoms with van der Waals surface area (Å²) >= 11 is 18.3. The van der Waals surface area contributed by atoms with Gasteiger partial charge in [0.1, 0.15) is 17.1 Å². The number of hydrogen-bond acceptors (Lipinski definition) is 5. The lowest BCUT2D eigenvalue weighted by atomic mass is 10.1. The lowest BCUT2D eigenvalue weighted by Gasteiger charge is -2.14. The predicted molar refractivity (Wildman–Crippen MR) is 135 cm³/mol. The third kappa shape index (κ3) is 6.17. The summed E-state index contributed by atoms with van der Waals surface area (Å²) in [5.74, 6) is 2.12. The molecule has 1 heterocycles. The zero-order valence-electron chi connectivity index (χ0n) is 18.3.